The Morgan fingerprint density at radius 2 is 1.89 bits per heavy atom. The number of carbonyl (C=O) groups excluding carboxylic acids is 1. The van der Waals surface area contributed by atoms with E-state index < -0.39 is 0 Å². The molecule has 1 aliphatic carbocycles. The van der Waals surface area contributed by atoms with Crippen molar-refractivity contribution >= 4 is 11.6 Å². The molecule has 1 fully saturated rings. The molecule has 0 spiro atoms. The average Bonchev–Trinajstić information content (AvgIpc) is 3.15. The molecule has 2 rings (SSSR count). The smallest absolute Gasteiger partial charge is 0.236 e. The SMILES string of the molecule is CN(CC(=O)N(C)C1CC1)Cc1ccc(N)cc1. The summed E-state index contributed by atoms with van der Waals surface area (Å²) in [6.07, 6.45) is 2.31. The molecule has 2 N–H and O–H groups in total. The van der Waals surface area contributed by atoms with Crippen molar-refractivity contribution in [3.8, 4) is 0 Å². The van der Waals surface area contributed by atoms with E-state index in [1.54, 1.807) is 0 Å². The van der Waals surface area contributed by atoms with Gasteiger partial charge in [0.25, 0.3) is 0 Å². The molecule has 0 unspecified atom stereocenters. The van der Waals surface area contributed by atoms with Crippen LogP contribution in [0.3, 0.4) is 0 Å². The second-order valence-electron chi connectivity index (χ2n) is 5.15. The Morgan fingerprint density at radius 3 is 2.44 bits per heavy atom. The Labute approximate surface area is 108 Å². The first-order valence-corrected chi connectivity index (χ1v) is 6.35. The molecule has 1 aromatic rings. The highest BCUT2D eigenvalue weighted by Gasteiger charge is 2.29. The highest BCUT2D eigenvalue weighted by molar-refractivity contribution is 5.78. The van der Waals surface area contributed by atoms with Crippen molar-refractivity contribution in [2.24, 2.45) is 0 Å². The Bertz CT molecular complexity index is 412. The second-order valence-corrected chi connectivity index (χ2v) is 5.15. The van der Waals surface area contributed by atoms with E-state index in [2.05, 4.69) is 0 Å². The van der Waals surface area contributed by atoms with Crippen molar-refractivity contribution in [2.45, 2.75) is 25.4 Å². The van der Waals surface area contributed by atoms with Crippen LogP contribution >= 0.6 is 0 Å². The third-order valence-electron chi connectivity index (χ3n) is 3.33. The zero-order chi connectivity index (χ0) is 13.1. The van der Waals surface area contributed by atoms with Crippen LogP contribution in [-0.2, 0) is 11.3 Å². The lowest BCUT2D eigenvalue weighted by Crippen LogP contribution is -2.37. The number of anilines is 1. The Balaban J connectivity index is 1.82. The number of hydrogen-bond acceptors (Lipinski definition) is 3. The van der Waals surface area contributed by atoms with Crippen molar-refractivity contribution in [1.29, 1.82) is 0 Å². The number of hydrogen-bond donors (Lipinski definition) is 1. The topological polar surface area (TPSA) is 49.6 Å². The molecule has 1 aromatic carbocycles. The molecule has 98 valence electrons. The van der Waals surface area contributed by atoms with Gasteiger partial charge in [-0.1, -0.05) is 12.1 Å². The van der Waals surface area contributed by atoms with Crippen molar-refractivity contribution in [3.05, 3.63) is 29.8 Å². The summed E-state index contributed by atoms with van der Waals surface area (Å²) in [7, 11) is 3.87. The largest absolute Gasteiger partial charge is 0.399 e. The molecule has 0 aromatic heterocycles. The van der Waals surface area contributed by atoms with Crippen LogP contribution in [-0.4, -0.2) is 42.4 Å². The number of rotatable bonds is 5. The molecule has 1 aliphatic rings. The number of benzene rings is 1. The van der Waals surface area contributed by atoms with Crippen molar-refractivity contribution < 1.29 is 4.79 Å². The van der Waals surface area contributed by atoms with Gasteiger partial charge in [-0.2, -0.15) is 0 Å². The van der Waals surface area contributed by atoms with Gasteiger partial charge in [0.15, 0.2) is 0 Å². The number of carbonyl (C=O) groups is 1. The van der Waals surface area contributed by atoms with Crippen molar-refractivity contribution in [2.75, 3.05) is 26.4 Å². The van der Waals surface area contributed by atoms with E-state index in [1.807, 2.05) is 48.2 Å². The molecule has 4 heteroatoms. The molecule has 0 aliphatic heterocycles. The van der Waals surface area contributed by atoms with Crippen LogP contribution < -0.4 is 5.73 Å². The molecule has 4 nitrogen and oxygen atoms in total. The van der Waals surface area contributed by atoms with Crippen LogP contribution in [0.4, 0.5) is 5.69 Å². The van der Waals surface area contributed by atoms with Gasteiger partial charge < -0.3 is 10.6 Å². The molecule has 0 bridgehead atoms. The maximum absolute atomic E-state index is 11.9. The van der Waals surface area contributed by atoms with E-state index in [1.165, 1.54) is 5.56 Å². The van der Waals surface area contributed by atoms with Gasteiger partial charge in [0.1, 0.15) is 0 Å². The number of likely N-dealkylation sites (N-methyl/N-ethyl adjacent to an activating group) is 2. The number of nitrogens with zero attached hydrogens (tertiary/aromatic N) is 2. The summed E-state index contributed by atoms with van der Waals surface area (Å²) >= 11 is 0. The summed E-state index contributed by atoms with van der Waals surface area (Å²) in [4.78, 5) is 15.9. The van der Waals surface area contributed by atoms with E-state index in [9.17, 15) is 4.79 Å². The second kappa shape index (κ2) is 5.40. The molecule has 0 saturated heterocycles. The minimum Gasteiger partial charge on any atom is -0.399 e. The Morgan fingerprint density at radius 1 is 1.28 bits per heavy atom. The van der Waals surface area contributed by atoms with E-state index in [0.29, 0.717) is 12.6 Å². The van der Waals surface area contributed by atoms with E-state index >= 15 is 0 Å². The molecule has 1 amide bonds. The molecule has 1 saturated carbocycles. The number of nitrogen functional groups attached to an aromatic ring is 1. The minimum atomic E-state index is 0.204. The van der Waals surface area contributed by atoms with Gasteiger partial charge in [-0.25, -0.2) is 0 Å². The van der Waals surface area contributed by atoms with Gasteiger partial charge in [-0.3, -0.25) is 9.69 Å². The third-order valence-corrected chi connectivity index (χ3v) is 3.33. The highest BCUT2D eigenvalue weighted by Crippen LogP contribution is 2.25. The fourth-order valence-electron chi connectivity index (χ4n) is 2.00. The Kier molecular flexibility index (Phi) is 3.87. The predicted molar refractivity (Wildman–Crippen MR) is 73.0 cm³/mol. The molecule has 0 atom stereocenters. The lowest BCUT2D eigenvalue weighted by Gasteiger charge is -2.21. The van der Waals surface area contributed by atoms with E-state index in [0.717, 1.165) is 25.1 Å². The number of nitrogens with two attached hydrogens (primary N) is 1. The standard InChI is InChI=1S/C14H21N3O/c1-16(9-11-3-5-12(15)6-4-11)10-14(18)17(2)13-7-8-13/h3-6,13H,7-10,15H2,1-2H3. The highest BCUT2D eigenvalue weighted by atomic mass is 16.2. The lowest BCUT2D eigenvalue weighted by molar-refractivity contribution is -0.131. The summed E-state index contributed by atoms with van der Waals surface area (Å²) in [5.74, 6) is 0.204. The average molecular weight is 247 g/mol. The summed E-state index contributed by atoms with van der Waals surface area (Å²) in [5.41, 5.74) is 7.59. The quantitative estimate of drug-likeness (QED) is 0.798. The summed E-state index contributed by atoms with van der Waals surface area (Å²) < 4.78 is 0. The van der Waals surface area contributed by atoms with Gasteiger partial charge in [0.2, 0.25) is 5.91 Å². The van der Waals surface area contributed by atoms with Crippen LogP contribution in [0.5, 0.6) is 0 Å². The summed E-state index contributed by atoms with van der Waals surface area (Å²) in [5, 5.41) is 0. The maximum atomic E-state index is 11.9. The monoisotopic (exact) mass is 247 g/mol. The normalized spacial score (nSPS) is 14.8. The van der Waals surface area contributed by atoms with Gasteiger partial charge >= 0.3 is 0 Å². The first kappa shape index (κ1) is 12.9. The van der Waals surface area contributed by atoms with Gasteiger partial charge in [-0.05, 0) is 37.6 Å². The first-order chi connectivity index (χ1) is 8.56. The van der Waals surface area contributed by atoms with Crippen LogP contribution in [0, 0.1) is 0 Å². The lowest BCUT2D eigenvalue weighted by atomic mass is 10.2. The zero-order valence-electron chi connectivity index (χ0n) is 11.1. The van der Waals surface area contributed by atoms with Crippen molar-refractivity contribution in [1.82, 2.24) is 9.80 Å². The minimum absolute atomic E-state index is 0.204. The van der Waals surface area contributed by atoms with Crippen LogP contribution in [0.2, 0.25) is 0 Å². The molecule has 18 heavy (non-hydrogen) atoms. The third kappa shape index (κ3) is 3.47. The summed E-state index contributed by atoms with van der Waals surface area (Å²) in [6, 6.07) is 8.27. The van der Waals surface area contributed by atoms with Gasteiger partial charge in [0, 0.05) is 25.3 Å². The first-order valence-electron chi connectivity index (χ1n) is 6.35. The predicted octanol–water partition coefficient (Wildman–Crippen LogP) is 1.32. The van der Waals surface area contributed by atoms with Crippen LogP contribution in [0.25, 0.3) is 0 Å². The fourth-order valence-corrected chi connectivity index (χ4v) is 2.00. The number of amides is 1. The van der Waals surface area contributed by atoms with Crippen LogP contribution in [0.1, 0.15) is 18.4 Å². The maximum Gasteiger partial charge on any atom is 0.236 e. The molecular formula is C14H21N3O. The van der Waals surface area contributed by atoms with Gasteiger partial charge in [-0.15, -0.1) is 0 Å². The van der Waals surface area contributed by atoms with Gasteiger partial charge in [0.05, 0.1) is 6.54 Å². The molecular weight excluding hydrogens is 226 g/mol. The van der Waals surface area contributed by atoms with E-state index in [4.69, 9.17) is 5.73 Å². The molecule has 0 heterocycles. The molecule has 0 radical (unpaired) electrons. The summed E-state index contributed by atoms with van der Waals surface area (Å²) in [6.45, 7) is 1.24. The van der Waals surface area contributed by atoms with E-state index in [-0.39, 0.29) is 5.91 Å². The van der Waals surface area contributed by atoms with Crippen molar-refractivity contribution in [3.63, 3.8) is 0 Å². The zero-order valence-corrected chi connectivity index (χ0v) is 11.1. The van der Waals surface area contributed by atoms with Crippen LogP contribution in [0.15, 0.2) is 24.3 Å². The fraction of sp³-hybridized carbons (Fsp3) is 0.500. The Hall–Kier alpha value is -1.55.